The number of halogens is 2. The third-order valence-electron chi connectivity index (χ3n) is 2.67. The second-order valence-electron chi connectivity index (χ2n) is 4.21. The van der Waals surface area contributed by atoms with Crippen LogP contribution < -0.4 is 4.72 Å². The zero-order chi connectivity index (χ0) is 15.5. The van der Waals surface area contributed by atoms with Gasteiger partial charge in [-0.3, -0.25) is 4.72 Å². The van der Waals surface area contributed by atoms with Gasteiger partial charge in [0, 0.05) is 14.6 Å². The van der Waals surface area contributed by atoms with Crippen molar-refractivity contribution in [1.29, 1.82) is 5.26 Å². The highest BCUT2D eigenvalue weighted by Gasteiger charge is 2.18. The van der Waals surface area contributed by atoms with Crippen LogP contribution >= 0.6 is 31.9 Å². The van der Waals surface area contributed by atoms with E-state index in [4.69, 9.17) is 5.26 Å². The molecule has 0 unspecified atom stereocenters. The van der Waals surface area contributed by atoms with Gasteiger partial charge in [0.05, 0.1) is 12.5 Å². The number of hydrogen-bond acceptors (Lipinski definition) is 3. The van der Waals surface area contributed by atoms with Gasteiger partial charge in [-0.25, -0.2) is 8.42 Å². The van der Waals surface area contributed by atoms with Crippen molar-refractivity contribution in [2.45, 2.75) is 11.3 Å². The average molecular weight is 430 g/mol. The SMILES string of the molecule is N#CCc1ccc(NS(=O)(=O)c2cc(Br)ccc2Br)cc1. The second-order valence-corrected chi connectivity index (χ2v) is 7.63. The fourth-order valence-electron chi connectivity index (χ4n) is 1.68. The van der Waals surface area contributed by atoms with Gasteiger partial charge in [-0.2, -0.15) is 5.26 Å². The van der Waals surface area contributed by atoms with E-state index in [1.54, 1.807) is 36.4 Å². The first-order valence-electron chi connectivity index (χ1n) is 5.86. The fourth-order valence-corrected chi connectivity index (χ4v) is 4.24. The average Bonchev–Trinajstić information content (AvgIpc) is 2.43. The molecule has 0 heterocycles. The molecule has 21 heavy (non-hydrogen) atoms. The molecule has 0 saturated carbocycles. The second kappa shape index (κ2) is 6.60. The van der Waals surface area contributed by atoms with Crippen LogP contribution in [-0.2, 0) is 16.4 Å². The maximum atomic E-state index is 12.4. The van der Waals surface area contributed by atoms with Crippen molar-refractivity contribution in [2.24, 2.45) is 0 Å². The van der Waals surface area contributed by atoms with Gasteiger partial charge >= 0.3 is 0 Å². The highest BCUT2D eigenvalue weighted by molar-refractivity contribution is 9.11. The summed E-state index contributed by atoms with van der Waals surface area (Å²) in [6.45, 7) is 0. The van der Waals surface area contributed by atoms with Gasteiger partial charge in [0.2, 0.25) is 0 Å². The molecule has 0 bridgehead atoms. The maximum absolute atomic E-state index is 12.4. The van der Waals surface area contributed by atoms with Gasteiger partial charge in [0.15, 0.2) is 0 Å². The Kier molecular flexibility index (Phi) is 5.04. The summed E-state index contributed by atoms with van der Waals surface area (Å²) >= 11 is 6.49. The van der Waals surface area contributed by atoms with Gasteiger partial charge in [-0.05, 0) is 51.8 Å². The molecule has 108 valence electrons. The van der Waals surface area contributed by atoms with E-state index in [2.05, 4.69) is 36.6 Å². The van der Waals surface area contributed by atoms with Gasteiger partial charge in [0.1, 0.15) is 4.90 Å². The number of sulfonamides is 1. The summed E-state index contributed by atoms with van der Waals surface area (Å²) in [5.74, 6) is 0. The van der Waals surface area contributed by atoms with Crippen LogP contribution in [-0.4, -0.2) is 8.42 Å². The zero-order valence-electron chi connectivity index (χ0n) is 10.7. The standard InChI is InChI=1S/C14H10Br2N2O2S/c15-11-3-6-13(16)14(9-11)21(19,20)18-12-4-1-10(2-5-12)7-8-17/h1-6,9,18H,7H2. The van der Waals surface area contributed by atoms with Gasteiger partial charge in [-0.15, -0.1) is 0 Å². The lowest BCUT2D eigenvalue weighted by Crippen LogP contribution is -2.13. The van der Waals surface area contributed by atoms with E-state index < -0.39 is 10.0 Å². The van der Waals surface area contributed by atoms with Crippen LogP contribution in [0.4, 0.5) is 5.69 Å². The number of anilines is 1. The van der Waals surface area contributed by atoms with Crippen LogP contribution in [0.2, 0.25) is 0 Å². The molecule has 0 radical (unpaired) electrons. The summed E-state index contributed by atoms with van der Waals surface area (Å²) in [5, 5.41) is 8.61. The minimum absolute atomic E-state index is 0.151. The largest absolute Gasteiger partial charge is 0.280 e. The van der Waals surface area contributed by atoms with Crippen LogP contribution in [0, 0.1) is 11.3 Å². The Morgan fingerprint density at radius 1 is 1.10 bits per heavy atom. The first kappa shape index (κ1) is 16.0. The number of hydrogen-bond donors (Lipinski definition) is 1. The summed E-state index contributed by atoms with van der Waals surface area (Å²) in [5.41, 5.74) is 1.28. The summed E-state index contributed by atoms with van der Waals surface area (Å²) in [7, 11) is -3.68. The van der Waals surface area contributed by atoms with Crippen LogP contribution in [0.5, 0.6) is 0 Å². The normalized spacial score (nSPS) is 10.9. The minimum atomic E-state index is -3.68. The molecule has 0 amide bonds. The topological polar surface area (TPSA) is 70.0 Å². The molecule has 2 rings (SSSR count). The summed E-state index contributed by atoms with van der Waals surface area (Å²) < 4.78 is 28.4. The molecule has 1 N–H and O–H groups in total. The molecule has 7 heteroatoms. The molecule has 2 aromatic rings. The van der Waals surface area contributed by atoms with Crippen molar-refractivity contribution >= 4 is 47.6 Å². The lowest BCUT2D eigenvalue weighted by Gasteiger charge is -2.10. The fraction of sp³-hybridized carbons (Fsp3) is 0.0714. The number of nitriles is 1. The highest BCUT2D eigenvalue weighted by Crippen LogP contribution is 2.27. The van der Waals surface area contributed by atoms with Crippen molar-refractivity contribution in [3.8, 4) is 6.07 Å². The van der Waals surface area contributed by atoms with Gasteiger partial charge < -0.3 is 0 Å². The lowest BCUT2D eigenvalue weighted by molar-refractivity contribution is 0.600. The number of rotatable bonds is 4. The van der Waals surface area contributed by atoms with Crippen LogP contribution in [0.15, 0.2) is 56.3 Å². The third-order valence-corrected chi connectivity index (χ3v) is 5.54. The predicted octanol–water partition coefficient (Wildman–Crippen LogP) is 4.08. The highest BCUT2D eigenvalue weighted by atomic mass is 79.9. The molecule has 0 aliphatic heterocycles. The Labute approximate surface area is 140 Å². The number of benzene rings is 2. The van der Waals surface area contributed by atoms with E-state index in [0.717, 1.165) is 5.56 Å². The lowest BCUT2D eigenvalue weighted by atomic mass is 10.1. The van der Waals surface area contributed by atoms with E-state index in [-0.39, 0.29) is 4.90 Å². The Morgan fingerprint density at radius 2 is 1.76 bits per heavy atom. The van der Waals surface area contributed by atoms with Crippen LogP contribution in [0.1, 0.15) is 5.56 Å². The Hall–Kier alpha value is -1.36. The van der Waals surface area contributed by atoms with E-state index in [9.17, 15) is 8.42 Å². The molecule has 4 nitrogen and oxygen atoms in total. The molecule has 0 atom stereocenters. The molecule has 0 aromatic heterocycles. The molecule has 0 fully saturated rings. The van der Waals surface area contributed by atoms with E-state index in [0.29, 0.717) is 21.1 Å². The first-order valence-corrected chi connectivity index (χ1v) is 8.93. The summed E-state index contributed by atoms with van der Waals surface area (Å²) in [4.78, 5) is 0.151. The summed E-state index contributed by atoms with van der Waals surface area (Å²) in [6.07, 6.45) is 0.296. The Morgan fingerprint density at radius 3 is 2.38 bits per heavy atom. The van der Waals surface area contributed by atoms with Gasteiger partial charge in [-0.1, -0.05) is 28.1 Å². The van der Waals surface area contributed by atoms with Crippen molar-refractivity contribution in [3.05, 3.63) is 57.0 Å². The molecule has 0 saturated heterocycles. The molecular weight excluding hydrogens is 420 g/mol. The molecule has 0 aliphatic carbocycles. The molecular formula is C14H10Br2N2O2S. The number of nitrogens with one attached hydrogen (secondary N) is 1. The quantitative estimate of drug-likeness (QED) is 0.795. The number of nitrogens with zero attached hydrogens (tertiary/aromatic N) is 1. The van der Waals surface area contributed by atoms with E-state index in [1.165, 1.54) is 6.07 Å². The molecule has 0 aliphatic rings. The monoisotopic (exact) mass is 428 g/mol. The molecule has 2 aromatic carbocycles. The Bertz CT molecular complexity index is 797. The molecule has 0 spiro atoms. The Balaban J connectivity index is 2.29. The van der Waals surface area contributed by atoms with Crippen LogP contribution in [0.25, 0.3) is 0 Å². The smallest absolute Gasteiger partial charge is 0.263 e. The zero-order valence-corrected chi connectivity index (χ0v) is 14.7. The van der Waals surface area contributed by atoms with Crippen molar-refractivity contribution in [3.63, 3.8) is 0 Å². The minimum Gasteiger partial charge on any atom is -0.280 e. The van der Waals surface area contributed by atoms with E-state index in [1.807, 2.05) is 6.07 Å². The maximum Gasteiger partial charge on any atom is 0.263 e. The van der Waals surface area contributed by atoms with Crippen molar-refractivity contribution in [2.75, 3.05) is 4.72 Å². The van der Waals surface area contributed by atoms with Crippen molar-refractivity contribution in [1.82, 2.24) is 0 Å². The van der Waals surface area contributed by atoms with E-state index >= 15 is 0 Å². The summed E-state index contributed by atoms with van der Waals surface area (Å²) in [6, 6.07) is 13.7. The third kappa shape index (κ3) is 4.06. The van der Waals surface area contributed by atoms with Gasteiger partial charge in [0.25, 0.3) is 10.0 Å². The predicted molar refractivity (Wildman–Crippen MR) is 88.4 cm³/mol. The first-order chi connectivity index (χ1) is 9.92. The van der Waals surface area contributed by atoms with Crippen LogP contribution in [0.3, 0.4) is 0 Å². The van der Waals surface area contributed by atoms with Crippen molar-refractivity contribution < 1.29 is 8.42 Å².